The first-order valence-electron chi connectivity index (χ1n) is 18.1. The number of aryl methyl sites for hydroxylation is 2. The van der Waals surface area contributed by atoms with Crippen LogP contribution >= 0.6 is 22.7 Å². The number of amides is 1. The van der Waals surface area contributed by atoms with Gasteiger partial charge in [0.15, 0.2) is 5.78 Å². The maximum atomic E-state index is 13.2. The van der Waals surface area contributed by atoms with E-state index in [9.17, 15) is 9.59 Å². The van der Waals surface area contributed by atoms with Crippen molar-refractivity contribution in [2.24, 2.45) is 0 Å². The van der Waals surface area contributed by atoms with Crippen LogP contribution in [0.1, 0.15) is 170 Å². The molecule has 44 heavy (non-hydrogen) atoms. The summed E-state index contributed by atoms with van der Waals surface area (Å²) in [5, 5.41) is 7.52. The topological polar surface area (TPSA) is 46.2 Å². The highest BCUT2D eigenvalue weighted by atomic mass is 32.1. The summed E-state index contributed by atoms with van der Waals surface area (Å²) in [6, 6.07) is 4.43. The van der Waals surface area contributed by atoms with Crippen LogP contribution in [0.4, 0.5) is 0 Å². The van der Waals surface area contributed by atoms with Crippen molar-refractivity contribution in [2.45, 2.75) is 162 Å². The third kappa shape index (κ3) is 10.5. The number of thiophene rings is 2. The summed E-state index contributed by atoms with van der Waals surface area (Å²) >= 11 is 3.35. The van der Waals surface area contributed by atoms with E-state index in [1.807, 2.05) is 0 Å². The van der Waals surface area contributed by atoms with Crippen LogP contribution < -0.4 is 5.32 Å². The number of hydrogen-bond donors (Lipinski definition) is 1. The summed E-state index contributed by atoms with van der Waals surface area (Å²) in [4.78, 5) is 28.5. The number of fused-ring (bicyclic) bond motifs is 1. The average molecular weight is 636 g/mol. The minimum absolute atomic E-state index is 0.0811. The van der Waals surface area contributed by atoms with Crippen LogP contribution in [0.15, 0.2) is 34.0 Å². The fourth-order valence-electron chi connectivity index (χ4n) is 6.71. The molecule has 0 spiro atoms. The van der Waals surface area contributed by atoms with Gasteiger partial charge in [0.05, 0.1) is 21.7 Å². The molecule has 0 saturated carbocycles. The van der Waals surface area contributed by atoms with Crippen LogP contribution in [-0.2, 0) is 22.4 Å². The number of carbonyl (C=O) groups is 2. The number of unbranched alkanes of at least 4 members (excludes halogenated alkanes) is 18. The SMILES string of the molecule is CCCCCCCCCCCCc1csc(C2=C3C(=O)NC(c4cc(CCCCCCCCCCCC)cs4)=C3C(=O)C2)c1. The molecular weight excluding hydrogens is 579 g/mol. The summed E-state index contributed by atoms with van der Waals surface area (Å²) in [6.45, 7) is 4.55. The third-order valence-electron chi connectivity index (χ3n) is 9.37. The highest BCUT2D eigenvalue weighted by molar-refractivity contribution is 7.11. The molecule has 0 saturated heterocycles. The molecule has 0 atom stereocenters. The first-order valence-corrected chi connectivity index (χ1v) is 19.9. The van der Waals surface area contributed by atoms with Gasteiger partial charge in [-0.15, -0.1) is 22.7 Å². The number of rotatable bonds is 24. The van der Waals surface area contributed by atoms with Gasteiger partial charge in [-0.3, -0.25) is 9.59 Å². The molecule has 2 aromatic heterocycles. The molecule has 1 amide bonds. The number of hydrogen-bond acceptors (Lipinski definition) is 4. The summed E-state index contributed by atoms with van der Waals surface area (Å²) in [6.07, 6.45) is 29.4. The van der Waals surface area contributed by atoms with Crippen LogP contribution in [0.3, 0.4) is 0 Å². The van der Waals surface area contributed by atoms with Gasteiger partial charge in [0.1, 0.15) is 0 Å². The molecule has 3 heterocycles. The second-order valence-corrected chi connectivity index (χ2v) is 15.0. The Labute approximate surface area is 276 Å². The van der Waals surface area contributed by atoms with Gasteiger partial charge in [-0.05, 0) is 65.3 Å². The largest absolute Gasteiger partial charge is 0.320 e. The Balaban J connectivity index is 1.23. The predicted molar refractivity (Wildman–Crippen MR) is 191 cm³/mol. The minimum Gasteiger partial charge on any atom is -0.320 e. The maximum Gasteiger partial charge on any atom is 0.256 e. The van der Waals surface area contributed by atoms with Crippen molar-refractivity contribution in [1.82, 2.24) is 5.32 Å². The Morgan fingerprint density at radius 2 is 1.00 bits per heavy atom. The molecule has 0 bridgehead atoms. The van der Waals surface area contributed by atoms with E-state index in [1.54, 1.807) is 22.7 Å². The van der Waals surface area contributed by atoms with Gasteiger partial charge >= 0.3 is 0 Å². The van der Waals surface area contributed by atoms with E-state index in [2.05, 4.69) is 42.1 Å². The molecule has 2 aliphatic rings. The van der Waals surface area contributed by atoms with Gasteiger partial charge in [0, 0.05) is 11.3 Å². The number of Topliss-reactive ketones (excluding diaryl/α,β-unsaturated/α-hetero) is 1. The molecule has 0 unspecified atom stereocenters. The van der Waals surface area contributed by atoms with E-state index in [-0.39, 0.29) is 11.7 Å². The van der Waals surface area contributed by atoms with Crippen molar-refractivity contribution < 1.29 is 9.59 Å². The normalized spacial score (nSPS) is 14.8. The first-order chi connectivity index (χ1) is 21.6. The van der Waals surface area contributed by atoms with Crippen molar-refractivity contribution >= 4 is 45.6 Å². The van der Waals surface area contributed by atoms with Crippen molar-refractivity contribution in [2.75, 3.05) is 0 Å². The highest BCUT2D eigenvalue weighted by Gasteiger charge is 2.41. The summed E-state index contributed by atoms with van der Waals surface area (Å²) in [5.74, 6) is -0.0252. The zero-order valence-electron chi connectivity index (χ0n) is 27.7. The van der Waals surface area contributed by atoms with Gasteiger partial charge in [0.2, 0.25) is 0 Å². The van der Waals surface area contributed by atoms with Crippen LogP contribution in [0.2, 0.25) is 0 Å². The molecule has 0 radical (unpaired) electrons. The number of carbonyl (C=O) groups excluding carboxylic acids is 2. The molecule has 1 aliphatic heterocycles. The molecule has 2 aromatic rings. The Morgan fingerprint density at radius 3 is 1.50 bits per heavy atom. The van der Waals surface area contributed by atoms with Crippen LogP contribution in [0.25, 0.3) is 11.3 Å². The summed E-state index contributed by atoms with van der Waals surface area (Å²) in [7, 11) is 0. The molecular formula is C39H57NO2S2. The van der Waals surface area contributed by atoms with Gasteiger partial charge in [-0.2, -0.15) is 0 Å². The van der Waals surface area contributed by atoms with E-state index in [0.29, 0.717) is 17.6 Å². The maximum absolute atomic E-state index is 13.2. The Kier molecular flexibility index (Phi) is 15.5. The Hall–Kier alpha value is -1.98. The number of nitrogens with one attached hydrogen (secondary N) is 1. The van der Waals surface area contributed by atoms with Crippen LogP contribution in [-0.4, -0.2) is 11.7 Å². The van der Waals surface area contributed by atoms with Crippen molar-refractivity contribution in [1.29, 1.82) is 0 Å². The van der Waals surface area contributed by atoms with E-state index < -0.39 is 0 Å². The first kappa shape index (κ1) is 34.9. The molecule has 0 aromatic carbocycles. The molecule has 1 aliphatic carbocycles. The van der Waals surface area contributed by atoms with E-state index in [0.717, 1.165) is 33.9 Å². The second kappa shape index (κ2) is 19.5. The van der Waals surface area contributed by atoms with Crippen molar-refractivity contribution in [3.05, 3.63) is 54.9 Å². The van der Waals surface area contributed by atoms with Crippen molar-refractivity contribution in [3.8, 4) is 0 Å². The zero-order valence-corrected chi connectivity index (χ0v) is 29.3. The molecule has 3 nitrogen and oxygen atoms in total. The van der Waals surface area contributed by atoms with E-state index in [4.69, 9.17) is 0 Å². The molecule has 1 N–H and O–H groups in total. The fourth-order valence-corrected chi connectivity index (χ4v) is 8.67. The minimum atomic E-state index is -0.106. The quantitative estimate of drug-likeness (QED) is 0.117. The third-order valence-corrected chi connectivity index (χ3v) is 11.4. The van der Waals surface area contributed by atoms with Gasteiger partial charge in [-0.1, -0.05) is 129 Å². The van der Waals surface area contributed by atoms with E-state index in [1.165, 1.54) is 140 Å². The standard InChI is InChI=1S/C39H57NO2S2/c1-3-5-7-9-11-13-15-17-19-21-23-30-25-34(43-28-30)32-27-33(41)37-36(32)39(42)40-38(37)35-26-31(29-44-35)24-22-20-18-16-14-12-10-8-6-4-2/h25-26,28-29H,3-24,27H2,1-2H3,(H,40,42). The fraction of sp³-hybridized carbons (Fsp3) is 0.641. The number of allylic oxidation sites excluding steroid dienone is 1. The molecule has 0 fully saturated rings. The Morgan fingerprint density at radius 1 is 0.568 bits per heavy atom. The lowest BCUT2D eigenvalue weighted by atomic mass is 10.0. The van der Waals surface area contributed by atoms with E-state index >= 15 is 0 Å². The molecule has 4 rings (SSSR count). The smallest absolute Gasteiger partial charge is 0.256 e. The van der Waals surface area contributed by atoms with Crippen molar-refractivity contribution in [3.63, 3.8) is 0 Å². The lowest BCUT2D eigenvalue weighted by Crippen LogP contribution is -2.16. The van der Waals surface area contributed by atoms with Gasteiger partial charge in [0.25, 0.3) is 5.91 Å². The second-order valence-electron chi connectivity index (χ2n) is 13.2. The summed E-state index contributed by atoms with van der Waals surface area (Å²) in [5.41, 5.74) is 5.59. The van der Waals surface area contributed by atoms with Crippen LogP contribution in [0.5, 0.6) is 0 Å². The van der Waals surface area contributed by atoms with Gasteiger partial charge in [-0.25, -0.2) is 0 Å². The van der Waals surface area contributed by atoms with Crippen LogP contribution in [0, 0.1) is 0 Å². The lowest BCUT2D eigenvalue weighted by molar-refractivity contribution is -0.116. The Bertz CT molecular complexity index is 1150. The lowest BCUT2D eigenvalue weighted by Gasteiger charge is -2.03. The highest BCUT2D eigenvalue weighted by Crippen LogP contribution is 2.44. The summed E-state index contributed by atoms with van der Waals surface area (Å²) < 4.78 is 0. The predicted octanol–water partition coefficient (Wildman–Crippen LogP) is 12.0. The molecule has 5 heteroatoms. The zero-order chi connectivity index (χ0) is 31.0. The van der Waals surface area contributed by atoms with Gasteiger partial charge < -0.3 is 5.32 Å². The number of ketones is 1. The average Bonchev–Trinajstić information content (AvgIpc) is 3.81. The molecule has 242 valence electrons. The monoisotopic (exact) mass is 635 g/mol.